The van der Waals surface area contributed by atoms with E-state index >= 15 is 0 Å². The molecule has 0 bridgehead atoms. The van der Waals surface area contributed by atoms with E-state index in [4.69, 9.17) is 4.74 Å². The molecule has 11 nitrogen and oxygen atoms in total. The Labute approximate surface area is 158 Å². The van der Waals surface area contributed by atoms with Crippen LogP contribution in [0, 0.1) is 13.8 Å². The predicted molar refractivity (Wildman–Crippen MR) is 94.2 cm³/mol. The Kier molecular flexibility index (Phi) is 4.73. The van der Waals surface area contributed by atoms with Crippen LogP contribution in [0.2, 0.25) is 0 Å². The molecule has 27 heavy (non-hydrogen) atoms. The second kappa shape index (κ2) is 6.74. The maximum atomic E-state index is 12.8. The van der Waals surface area contributed by atoms with Crippen molar-refractivity contribution in [2.24, 2.45) is 11.4 Å². The van der Waals surface area contributed by atoms with E-state index in [2.05, 4.69) is 24.2 Å². The lowest BCUT2D eigenvalue weighted by atomic mass is 10.3. The van der Waals surface area contributed by atoms with Crippen LogP contribution >= 0.6 is 11.5 Å². The Balaban J connectivity index is 2.24. The molecule has 0 saturated carbocycles. The normalized spacial score (nSPS) is 12.6. The van der Waals surface area contributed by atoms with Crippen molar-refractivity contribution in [3.05, 3.63) is 27.8 Å². The number of hydrogen-bond acceptors (Lipinski definition) is 9. The second-order valence-electron chi connectivity index (χ2n) is 5.47. The number of carbonyl (C=O) groups is 1. The second-order valence-corrected chi connectivity index (χ2v) is 7.90. The number of rotatable bonds is 4. The van der Waals surface area contributed by atoms with Gasteiger partial charge in [-0.2, -0.15) is 22.3 Å². The molecule has 0 atom stereocenters. The molecule has 0 fully saturated rings. The highest BCUT2D eigenvalue weighted by Gasteiger charge is 2.30. The molecule has 0 N–H and O–H groups in total. The fourth-order valence-electron chi connectivity index (χ4n) is 2.51. The lowest BCUT2D eigenvalue weighted by Crippen LogP contribution is -2.14. The molecule has 0 aliphatic rings. The van der Waals surface area contributed by atoms with E-state index in [1.807, 2.05) is 0 Å². The van der Waals surface area contributed by atoms with Gasteiger partial charge in [0.15, 0.2) is 5.03 Å². The van der Waals surface area contributed by atoms with E-state index in [9.17, 15) is 13.2 Å². The number of carbonyl (C=O) groups excluding carboxylic acids is 1. The first kappa shape index (κ1) is 19.0. The van der Waals surface area contributed by atoms with Crippen molar-refractivity contribution in [2.45, 2.75) is 18.9 Å². The van der Waals surface area contributed by atoms with Crippen LogP contribution in [0.5, 0.6) is 5.88 Å². The van der Waals surface area contributed by atoms with Crippen molar-refractivity contribution in [1.82, 2.24) is 23.5 Å². The molecule has 0 radical (unpaired) electrons. The van der Waals surface area contributed by atoms with Crippen LogP contribution in [0.15, 0.2) is 15.5 Å². The summed E-state index contributed by atoms with van der Waals surface area (Å²) in [4.78, 5) is 20.3. The summed E-state index contributed by atoms with van der Waals surface area (Å²) < 4.78 is 41.9. The van der Waals surface area contributed by atoms with Gasteiger partial charge in [-0.1, -0.05) is 0 Å². The molecule has 0 aliphatic carbocycles. The first-order valence-corrected chi connectivity index (χ1v) is 9.74. The van der Waals surface area contributed by atoms with Crippen molar-refractivity contribution in [2.75, 3.05) is 14.2 Å². The predicted octanol–water partition coefficient (Wildman–Crippen LogP) is 0.226. The fourth-order valence-corrected chi connectivity index (χ4v) is 4.80. The molecule has 0 saturated heterocycles. The first-order chi connectivity index (χ1) is 12.7. The quantitative estimate of drug-likeness (QED) is 0.557. The van der Waals surface area contributed by atoms with E-state index in [1.54, 1.807) is 13.0 Å². The maximum absolute atomic E-state index is 12.8. The summed E-state index contributed by atoms with van der Waals surface area (Å²) in [6.45, 7) is 3.27. The lowest BCUT2D eigenvalue weighted by Gasteiger charge is -2.02. The zero-order valence-electron chi connectivity index (χ0n) is 15.1. The van der Waals surface area contributed by atoms with Gasteiger partial charge in [0.1, 0.15) is 5.56 Å². The molecule has 3 heterocycles. The Morgan fingerprint density at radius 3 is 2.59 bits per heavy atom. The summed E-state index contributed by atoms with van der Waals surface area (Å²) in [6.07, 6.45) is 0. The molecule has 3 aromatic heterocycles. The molecular weight excluding hydrogens is 396 g/mol. The van der Waals surface area contributed by atoms with Gasteiger partial charge in [0.2, 0.25) is 16.5 Å². The fraction of sp³-hybridized carbons (Fsp3) is 0.357. The average Bonchev–Trinajstić information content (AvgIpc) is 3.12. The van der Waals surface area contributed by atoms with E-state index in [-0.39, 0.29) is 26.9 Å². The monoisotopic (exact) mass is 412 g/mol. The van der Waals surface area contributed by atoms with Crippen LogP contribution in [-0.4, -0.2) is 52.1 Å². The first-order valence-electron chi connectivity index (χ1n) is 7.52. The highest BCUT2D eigenvalue weighted by atomic mass is 32.2. The van der Waals surface area contributed by atoms with Crippen LogP contribution in [0.3, 0.4) is 0 Å². The zero-order valence-corrected chi connectivity index (χ0v) is 16.8. The van der Waals surface area contributed by atoms with Gasteiger partial charge in [0, 0.05) is 18.8 Å². The third-order valence-corrected chi connectivity index (χ3v) is 5.93. The molecule has 0 aromatic carbocycles. The van der Waals surface area contributed by atoms with Crippen LogP contribution in [0.25, 0.3) is 5.78 Å². The summed E-state index contributed by atoms with van der Waals surface area (Å²) in [5.41, 5.74) is 0.710. The minimum Gasteiger partial charge on any atom is -0.481 e. The number of hydrogen-bond donors (Lipinski definition) is 0. The standard InChI is InChI=1S/C14H16N6O5S2/c1-7-6-9(24-4)20-13(15-7)16-14(26-20)18-27(22,23)11-10(12(21)25-5)8(2)17-19(11)3/h6H,1-5H3/b18-14+. The number of aromatic nitrogens is 5. The van der Waals surface area contributed by atoms with Crippen molar-refractivity contribution in [3.8, 4) is 5.88 Å². The largest absolute Gasteiger partial charge is 0.481 e. The van der Waals surface area contributed by atoms with Gasteiger partial charge in [-0.05, 0) is 25.4 Å². The highest BCUT2D eigenvalue weighted by Crippen LogP contribution is 2.22. The van der Waals surface area contributed by atoms with Crippen molar-refractivity contribution in [3.63, 3.8) is 0 Å². The van der Waals surface area contributed by atoms with Gasteiger partial charge in [-0.15, -0.1) is 4.40 Å². The number of aryl methyl sites for hydroxylation is 3. The third kappa shape index (κ3) is 3.30. The minimum absolute atomic E-state index is 0.0685. The Bertz CT molecular complexity index is 1220. The molecule has 0 aliphatic heterocycles. The summed E-state index contributed by atoms with van der Waals surface area (Å²) >= 11 is 0.938. The molecule has 0 spiro atoms. The summed E-state index contributed by atoms with van der Waals surface area (Å²) in [6, 6.07) is 1.68. The van der Waals surface area contributed by atoms with Gasteiger partial charge in [-0.25, -0.2) is 9.78 Å². The van der Waals surface area contributed by atoms with Crippen LogP contribution < -0.4 is 9.54 Å². The average molecular weight is 412 g/mol. The van der Waals surface area contributed by atoms with Gasteiger partial charge < -0.3 is 9.47 Å². The van der Waals surface area contributed by atoms with Gasteiger partial charge in [0.05, 0.1) is 19.9 Å². The van der Waals surface area contributed by atoms with Gasteiger partial charge in [-0.3, -0.25) is 4.68 Å². The topological polar surface area (TPSA) is 130 Å². The maximum Gasteiger partial charge on any atom is 0.342 e. The summed E-state index contributed by atoms with van der Waals surface area (Å²) in [7, 11) is -0.249. The van der Waals surface area contributed by atoms with Crippen molar-refractivity contribution in [1.29, 1.82) is 0 Å². The smallest absolute Gasteiger partial charge is 0.342 e. The molecule has 0 amide bonds. The van der Waals surface area contributed by atoms with Gasteiger partial charge in [0.25, 0.3) is 0 Å². The number of methoxy groups -OCH3 is 2. The lowest BCUT2D eigenvalue weighted by molar-refractivity contribution is 0.0595. The zero-order chi connectivity index (χ0) is 19.9. The molecule has 144 valence electrons. The number of nitrogens with zero attached hydrogens (tertiary/aromatic N) is 6. The van der Waals surface area contributed by atoms with E-state index < -0.39 is 16.0 Å². The van der Waals surface area contributed by atoms with E-state index in [0.717, 1.165) is 23.3 Å². The molecule has 0 unspecified atom stereocenters. The Hall–Kier alpha value is -2.80. The number of fused-ring (bicyclic) bond motifs is 1. The number of ether oxygens (including phenoxy) is 2. The summed E-state index contributed by atoms with van der Waals surface area (Å²) in [5, 5.41) is 3.62. The highest BCUT2D eigenvalue weighted by molar-refractivity contribution is 7.90. The molecule has 13 heteroatoms. The van der Waals surface area contributed by atoms with E-state index in [0.29, 0.717) is 11.6 Å². The summed E-state index contributed by atoms with van der Waals surface area (Å²) in [5.74, 6) is -0.118. The Morgan fingerprint density at radius 2 is 1.96 bits per heavy atom. The van der Waals surface area contributed by atoms with Crippen LogP contribution in [-0.2, 0) is 21.8 Å². The molecular formula is C14H16N6O5S2. The van der Waals surface area contributed by atoms with Gasteiger partial charge >= 0.3 is 16.0 Å². The van der Waals surface area contributed by atoms with Crippen molar-refractivity contribution < 1.29 is 22.7 Å². The van der Waals surface area contributed by atoms with E-state index in [1.165, 1.54) is 24.9 Å². The molecule has 3 rings (SSSR count). The Morgan fingerprint density at radius 1 is 1.26 bits per heavy atom. The van der Waals surface area contributed by atoms with Crippen LogP contribution in [0.1, 0.15) is 21.7 Å². The minimum atomic E-state index is -4.30. The third-order valence-electron chi connectivity index (χ3n) is 3.57. The molecule has 3 aromatic rings. The SMILES string of the molecule is COC(=O)c1c(C)nn(C)c1S(=O)(=O)/N=c1\nc2nc(C)cc(OC)n2s1. The number of esters is 1. The van der Waals surface area contributed by atoms with Crippen LogP contribution in [0.4, 0.5) is 0 Å². The number of sulfonamides is 1. The van der Waals surface area contributed by atoms with Crippen molar-refractivity contribution >= 4 is 33.3 Å².